The molecule has 0 radical (unpaired) electrons. The number of hydrogen-bond donors (Lipinski definition) is 0. The van der Waals surface area contributed by atoms with Crippen molar-refractivity contribution in [3.63, 3.8) is 0 Å². The Labute approximate surface area is 242 Å². The van der Waals surface area contributed by atoms with Crippen molar-refractivity contribution in [2.45, 2.75) is 5.78 Å². The molecule has 0 heterocycles. The van der Waals surface area contributed by atoms with E-state index in [4.69, 9.17) is 5.11 Å². The number of carbonyl (C=O) groups is 1. The summed E-state index contributed by atoms with van der Waals surface area (Å²) < 4.78 is 0.961. The molecule has 0 aliphatic heterocycles. The SMILES string of the molecule is O=C(c1ccccc1)C(N=Nc1ccc(Br)cc1)[P+](c1ccccc1)(c1ccccc1)c1ccccc1.[Br-]. The molecule has 0 saturated heterocycles. The van der Waals surface area contributed by atoms with E-state index in [0.717, 1.165) is 20.4 Å². The van der Waals surface area contributed by atoms with Crippen molar-refractivity contribution in [2.75, 3.05) is 0 Å². The van der Waals surface area contributed by atoms with Crippen LogP contribution in [0.5, 0.6) is 0 Å². The summed E-state index contributed by atoms with van der Waals surface area (Å²) in [6, 6.07) is 48.0. The molecule has 1 unspecified atom stereocenters. The Morgan fingerprint density at radius 2 is 0.974 bits per heavy atom. The molecule has 0 spiro atoms. The fraction of sp³-hybridized carbons (Fsp3) is 0.0312. The minimum Gasteiger partial charge on any atom is -1.00 e. The van der Waals surface area contributed by atoms with Gasteiger partial charge in [-0.3, -0.25) is 4.79 Å². The monoisotopic (exact) mass is 642 g/mol. The highest BCUT2D eigenvalue weighted by Gasteiger charge is 2.56. The van der Waals surface area contributed by atoms with Gasteiger partial charge in [-0.05, 0) is 60.7 Å². The van der Waals surface area contributed by atoms with Crippen molar-refractivity contribution >= 4 is 50.6 Å². The minimum absolute atomic E-state index is 0. The molecule has 0 fully saturated rings. The third-order valence-corrected chi connectivity index (χ3v) is 11.2. The Hall–Kier alpha value is -3.24. The maximum Gasteiger partial charge on any atom is 0.253 e. The molecule has 3 nitrogen and oxygen atoms in total. The molecule has 0 aliphatic carbocycles. The van der Waals surface area contributed by atoms with Crippen molar-refractivity contribution in [1.82, 2.24) is 0 Å². The molecule has 5 rings (SSSR count). The Bertz CT molecular complexity index is 1380. The summed E-state index contributed by atoms with van der Waals surface area (Å²) in [6.07, 6.45) is 0. The number of hydrogen-bond acceptors (Lipinski definition) is 3. The minimum atomic E-state index is -2.65. The molecule has 0 aromatic heterocycles. The zero-order chi connectivity index (χ0) is 25.5. The maximum absolute atomic E-state index is 14.5. The van der Waals surface area contributed by atoms with E-state index >= 15 is 0 Å². The van der Waals surface area contributed by atoms with E-state index in [-0.39, 0.29) is 22.8 Å². The number of azo groups is 1. The van der Waals surface area contributed by atoms with Gasteiger partial charge in [-0.1, -0.05) is 101 Å². The highest BCUT2D eigenvalue weighted by molar-refractivity contribution is 9.10. The lowest BCUT2D eigenvalue weighted by molar-refractivity contribution is -0.0000147. The van der Waals surface area contributed by atoms with Gasteiger partial charge in [0.05, 0.1) is 5.69 Å². The van der Waals surface area contributed by atoms with Gasteiger partial charge in [0, 0.05) is 10.0 Å². The van der Waals surface area contributed by atoms with Crippen LogP contribution in [-0.4, -0.2) is 11.6 Å². The summed E-state index contributed by atoms with van der Waals surface area (Å²) in [5, 5.41) is 12.8. The Morgan fingerprint density at radius 1 is 0.579 bits per heavy atom. The molecule has 0 saturated carbocycles. The quantitative estimate of drug-likeness (QED) is 0.137. The molecule has 0 bridgehead atoms. The van der Waals surface area contributed by atoms with Crippen LogP contribution in [-0.2, 0) is 0 Å². The molecule has 6 heteroatoms. The average Bonchev–Trinajstić information content (AvgIpc) is 2.98. The fourth-order valence-corrected chi connectivity index (χ4v) is 9.19. The summed E-state index contributed by atoms with van der Waals surface area (Å²) in [4.78, 5) is 14.5. The van der Waals surface area contributed by atoms with E-state index < -0.39 is 13.0 Å². The van der Waals surface area contributed by atoms with Crippen LogP contribution in [0.25, 0.3) is 0 Å². The first-order valence-corrected chi connectivity index (χ1v) is 14.7. The van der Waals surface area contributed by atoms with Crippen LogP contribution in [0.1, 0.15) is 10.4 Å². The topological polar surface area (TPSA) is 41.8 Å². The Kier molecular flexibility index (Phi) is 9.52. The second-order valence-electron chi connectivity index (χ2n) is 8.53. The lowest BCUT2D eigenvalue weighted by Gasteiger charge is -2.31. The molecule has 0 aliphatic rings. The number of nitrogens with zero attached hydrogens (tertiary/aromatic N) is 2. The standard InChI is InChI=1S/C32H25BrN2OP.BrH/c33-26-21-23-27(24-22-26)34-35-32(31(36)25-13-5-1-6-14-25)37(28-15-7-2-8-16-28,29-17-9-3-10-18-29)30-19-11-4-12-20-30;/h1-24,32H;1H/q+1;/p-1. The number of carbonyl (C=O) groups excluding carboxylic acids is 1. The third kappa shape index (κ3) is 5.76. The highest BCUT2D eigenvalue weighted by atomic mass is 79.9. The van der Waals surface area contributed by atoms with Crippen LogP contribution in [0.4, 0.5) is 5.69 Å². The zero-order valence-electron chi connectivity index (χ0n) is 20.4. The first-order valence-electron chi connectivity index (χ1n) is 12.0. The van der Waals surface area contributed by atoms with Crippen LogP contribution < -0.4 is 32.9 Å². The van der Waals surface area contributed by atoms with Gasteiger partial charge in [-0.2, -0.15) is 5.11 Å². The molecular weight excluding hydrogens is 619 g/mol. The zero-order valence-corrected chi connectivity index (χ0v) is 24.5. The van der Waals surface area contributed by atoms with Crippen LogP contribution in [0.15, 0.2) is 160 Å². The molecule has 188 valence electrons. The fourth-order valence-electron chi connectivity index (χ4n) is 4.55. The van der Waals surface area contributed by atoms with Crippen molar-refractivity contribution < 1.29 is 21.8 Å². The van der Waals surface area contributed by atoms with Gasteiger partial charge in [0.25, 0.3) is 5.78 Å². The molecule has 1 atom stereocenters. The second kappa shape index (κ2) is 13.0. The van der Waals surface area contributed by atoms with E-state index in [9.17, 15) is 4.79 Å². The lowest BCUT2D eigenvalue weighted by atomic mass is 10.1. The maximum atomic E-state index is 14.5. The Morgan fingerprint density at radius 3 is 1.39 bits per heavy atom. The summed E-state index contributed by atoms with van der Waals surface area (Å²) in [6.45, 7) is 0. The number of ketones is 1. The number of halogens is 2. The van der Waals surface area contributed by atoms with Gasteiger partial charge in [0.15, 0.2) is 0 Å². The van der Waals surface area contributed by atoms with Gasteiger partial charge in [-0.25, -0.2) is 0 Å². The van der Waals surface area contributed by atoms with E-state index in [0.29, 0.717) is 11.3 Å². The van der Waals surface area contributed by atoms with Crippen molar-refractivity contribution in [3.05, 3.63) is 156 Å². The Balaban J connectivity index is 0.00000336. The van der Waals surface area contributed by atoms with Crippen LogP contribution in [0, 0.1) is 0 Å². The summed E-state index contributed by atoms with van der Waals surface area (Å²) >= 11 is 3.48. The molecular formula is C32H25Br2N2OP. The summed E-state index contributed by atoms with van der Waals surface area (Å²) in [5.74, 6) is -0.808. The highest BCUT2D eigenvalue weighted by Crippen LogP contribution is 2.61. The molecule has 0 amide bonds. The van der Waals surface area contributed by atoms with E-state index in [1.165, 1.54) is 0 Å². The van der Waals surface area contributed by atoms with E-state index in [1.54, 1.807) is 0 Å². The first-order chi connectivity index (χ1) is 18.2. The molecule has 5 aromatic rings. The first kappa shape index (κ1) is 27.8. The molecule has 5 aromatic carbocycles. The van der Waals surface area contributed by atoms with Crippen LogP contribution in [0.2, 0.25) is 0 Å². The molecule has 38 heavy (non-hydrogen) atoms. The average molecular weight is 644 g/mol. The van der Waals surface area contributed by atoms with Crippen LogP contribution in [0.3, 0.4) is 0 Å². The van der Waals surface area contributed by atoms with Gasteiger partial charge in [-0.15, -0.1) is 5.11 Å². The summed E-state index contributed by atoms with van der Waals surface area (Å²) in [7, 11) is -2.65. The van der Waals surface area contributed by atoms with Gasteiger partial charge in [0.1, 0.15) is 23.2 Å². The van der Waals surface area contributed by atoms with Gasteiger partial charge in [0.2, 0.25) is 5.78 Å². The van der Waals surface area contributed by atoms with Crippen LogP contribution >= 0.6 is 23.2 Å². The van der Waals surface area contributed by atoms with E-state index in [1.807, 2.05) is 109 Å². The number of benzene rings is 5. The third-order valence-electron chi connectivity index (χ3n) is 6.26. The normalized spacial score (nSPS) is 12.0. The predicted octanol–water partition coefficient (Wildman–Crippen LogP) is 4.74. The van der Waals surface area contributed by atoms with Crippen molar-refractivity contribution in [3.8, 4) is 0 Å². The smallest absolute Gasteiger partial charge is 0.253 e. The lowest BCUT2D eigenvalue weighted by Crippen LogP contribution is -3.00. The van der Waals surface area contributed by atoms with Crippen molar-refractivity contribution in [1.29, 1.82) is 0 Å². The second-order valence-corrected chi connectivity index (χ2v) is 12.9. The number of Topliss-reactive ketones (excluding diaryl/α,β-unsaturated/α-hetero) is 1. The van der Waals surface area contributed by atoms with Gasteiger partial charge >= 0.3 is 0 Å². The van der Waals surface area contributed by atoms with Gasteiger partial charge < -0.3 is 17.0 Å². The van der Waals surface area contributed by atoms with Crippen molar-refractivity contribution in [2.24, 2.45) is 10.2 Å². The summed E-state index contributed by atoms with van der Waals surface area (Å²) in [5.41, 5.74) is 1.32. The predicted molar refractivity (Wildman–Crippen MR) is 158 cm³/mol. The van der Waals surface area contributed by atoms with E-state index in [2.05, 4.69) is 57.4 Å². The number of rotatable bonds is 8. The largest absolute Gasteiger partial charge is 1.00 e. The molecule has 0 N–H and O–H groups in total.